The second-order valence-corrected chi connectivity index (χ2v) is 8.05. The summed E-state index contributed by atoms with van der Waals surface area (Å²) in [5, 5.41) is 12.4. The zero-order valence-electron chi connectivity index (χ0n) is 17.2. The second-order valence-electron chi connectivity index (χ2n) is 8.05. The molecule has 0 spiro atoms. The van der Waals surface area contributed by atoms with E-state index in [0.29, 0.717) is 23.7 Å². The average Bonchev–Trinajstić information content (AvgIpc) is 3.36. The SMILES string of the molecule is Cc1nn(C)c(C)c1CCNC(=O)c1cc(C2CC2)nc2onc(C(C)C)c12. The van der Waals surface area contributed by atoms with Gasteiger partial charge in [0, 0.05) is 30.9 Å². The molecule has 0 atom stereocenters. The highest BCUT2D eigenvalue weighted by molar-refractivity contribution is 6.06. The van der Waals surface area contributed by atoms with Crippen LogP contribution in [-0.4, -0.2) is 32.4 Å². The second kappa shape index (κ2) is 7.04. The van der Waals surface area contributed by atoms with Crippen molar-refractivity contribution in [1.82, 2.24) is 25.2 Å². The Morgan fingerprint density at radius 1 is 1.36 bits per heavy atom. The molecule has 7 nitrogen and oxygen atoms in total. The lowest BCUT2D eigenvalue weighted by Gasteiger charge is -2.09. The molecule has 1 aliphatic rings. The summed E-state index contributed by atoms with van der Waals surface area (Å²) in [6.07, 6.45) is 2.98. The lowest BCUT2D eigenvalue weighted by Crippen LogP contribution is -2.26. The van der Waals surface area contributed by atoms with Crippen molar-refractivity contribution >= 4 is 17.0 Å². The molecule has 7 heteroatoms. The standard InChI is InChI=1S/C21H27N5O2/c1-11(2)19-18-16(10-17(14-6-7-14)23-21(18)28-25-19)20(27)22-9-8-15-12(3)24-26(5)13(15)4/h10-11,14H,6-9H2,1-5H3,(H,22,27). The minimum atomic E-state index is -0.0985. The first kappa shape index (κ1) is 18.7. The Balaban J connectivity index is 1.60. The Kier molecular flexibility index (Phi) is 4.69. The Bertz CT molecular complexity index is 1040. The van der Waals surface area contributed by atoms with Crippen LogP contribution in [0.3, 0.4) is 0 Å². The molecule has 0 aliphatic heterocycles. The van der Waals surface area contributed by atoms with E-state index < -0.39 is 0 Å². The van der Waals surface area contributed by atoms with E-state index in [1.165, 1.54) is 5.56 Å². The van der Waals surface area contributed by atoms with E-state index in [9.17, 15) is 4.79 Å². The molecule has 1 saturated carbocycles. The van der Waals surface area contributed by atoms with Gasteiger partial charge >= 0.3 is 0 Å². The van der Waals surface area contributed by atoms with Crippen LogP contribution in [0, 0.1) is 13.8 Å². The van der Waals surface area contributed by atoms with Gasteiger partial charge in [-0.1, -0.05) is 19.0 Å². The molecule has 3 aromatic heterocycles. The molecule has 1 N–H and O–H groups in total. The molecular formula is C21H27N5O2. The molecule has 28 heavy (non-hydrogen) atoms. The van der Waals surface area contributed by atoms with Crippen molar-refractivity contribution in [1.29, 1.82) is 0 Å². The van der Waals surface area contributed by atoms with Gasteiger partial charge in [0.25, 0.3) is 11.6 Å². The van der Waals surface area contributed by atoms with E-state index in [1.54, 1.807) is 0 Å². The van der Waals surface area contributed by atoms with Crippen molar-refractivity contribution in [2.45, 2.75) is 58.8 Å². The number of hydrogen-bond acceptors (Lipinski definition) is 5. The Labute approximate surface area is 164 Å². The fourth-order valence-corrected chi connectivity index (χ4v) is 3.73. The summed E-state index contributed by atoms with van der Waals surface area (Å²) in [4.78, 5) is 17.7. The number of pyridine rings is 1. The normalized spacial score (nSPS) is 14.2. The van der Waals surface area contributed by atoms with Gasteiger partial charge in [0.15, 0.2) is 0 Å². The molecular weight excluding hydrogens is 354 g/mol. The van der Waals surface area contributed by atoms with Crippen molar-refractivity contribution in [2.75, 3.05) is 6.54 Å². The Hall–Kier alpha value is -2.70. The highest BCUT2D eigenvalue weighted by atomic mass is 16.5. The van der Waals surface area contributed by atoms with Gasteiger partial charge < -0.3 is 9.84 Å². The number of carbonyl (C=O) groups is 1. The van der Waals surface area contributed by atoms with Gasteiger partial charge in [-0.3, -0.25) is 9.48 Å². The van der Waals surface area contributed by atoms with Crippen LogP contribution in [0.1, 0.15) is 77.2 Å². The Morgan fingerprint density at radius 3 is 2.71 bits per heavy atom. The van der Waals surface area contributed by atoms with Gasteiger partial charge in [-0.2, -0.15) is 5.10 Å². The van der Waals surface area contributed by atoms with Crippen LogP contribution in [-0.2, 0) is 13.5 Å². The molecule has 0 radical (unpaired) electrons. The predicted molar refractivity (Wildman–Crippen MR) is 107 cm³/mol. The van der Waals surface area contributed by atoms with Gasteiger partial charge in [-0.15, -0.1) is 0 Å². The first-order chi connectivity index (χ1) is 13.4. The van der Waals surface area contributed by atoms with Crippen LogP contribution < -0.4 is 5.32 Å². The molecule has 0 aromatic carbocycles. The largest absolute Gasteiger partial charge is 0.352 e. The molecule has 1 amide bonds. The summed E-state index contributed by atoms with van der Waals surface area (Å²) in [7, 11) is 1.94. The van der Waals surface area contributed by atoms with Gasteiger partial charge in [-0.05, 0) is 50.7 Å². The van der Waals surface area contributed by atoms with Gasteiger partial charge in [-0.25, -0.2) is 4.98 Å². The van der Waals surface area contributed by atoms with Crippen LogP contribution in [0.5, 0.6) is 0 Å². The third-order valence-corrected chi connectivity index (χ3v) is 5.60. The fourth-order valence-electron chi connectivity index (χ4n) is 3.73. The van der Waals surface area contributed by atoms with Crippen molar-refractivity contribution in [3.8, 4) is 0 Å². The van der Waals surface area contributed by atoms with E-state index in [2.05, 4.69) is 27.5 Å². The molecule has 4 rings (SSSR count). The van der Waals surface area contributed by atoms with E-state index in [-0.39, 0.29) is 11.8 Å². The van der Waals surface area contributed by atoms with Gasteiger partial charge in [0.05, 0.1) is 22.3 Å². The van der Waals surface area contributed by atoms with Crippen molar-refractivity contribution in [3.05, 3.63) is 40.0 Å². The van der Waals surface area contributed by atoms with E-state index in [4.69, 9.17) is 4.52 Å². The van der Waals surface area contributed by atoms with Crippen molar-refractivity contribution in [3.63, 3.8) is 0 Å². The summed E-state index contributed by atoms with van der Waals surface area (Å²) in [6, 6.07) is 1.93. The number of fused-ring (bicyclic) bond motifs is 1. The predicted octanol–water partition coefficient (Wildman–Crippen LogP) is 3.55. The topological polar surface area (TPSA) is 85.8 Å². The monoisotopic (exact) mass is 381 g/mol. The number of amides is 1. The number of nitrogens with zero attached hydrogens (tertiary/aromatic N) is 4. The summed E-state index contributed by atoms with van der Waals surface area (Å²) in [6.45, 7) is 8.70. The van der Waals surface area contributed by atoms with E-state index in [1.807, 2.05) is 38.6 Å². The lowest BCUT2D eigenvalue weighted by atomic mass is 10.0. The zero-order chi connectivity index (χ0) is 20.0. The van der Waals surface area contributed by atoms with Crippen molar-refractivity contribution < 1.29 is 9.32 Å². The number of aryl methyl sites for hydroxylation is 2. The number of rotatable bonds is 6. The molecule has 3 aromatic rings. The first-order valence-corrected chi connectivity index (χ1v) is 9.94. The number of carbonyl (C=O) groups excluding carboxylic acids is 1. The van der Waals surface area contributed by atoms with Crippen LogP contribution in [0.25, 0.3) is 11.1 Å². The van der Waals surface area contributed by atoms with Gasteiger partial charge in [0.1, 0.15) is 0 Å². The highest BCUT2D eigenvalue weighted by Crippen LogP contribution is 2.41. The van der Waals surface area contributed by atoms with Crippen LogP contribution in [0.4, 0.5) is 0 Å². The number of aromatic nitrogens is 4. The maximum Gasteiger partial charge on any atom is 0.259 e. The zero-order valence-corrected chi connectivity index (χ0v) is 17.2. The molecule has 1 aliphatic carbocycles. The smallest absolute Gasteiger partial charge is 0.259 e. The Morgan fingerprint density at radius 2 is 2.11 bits per heavy atom. The molecule has 1 fully saturated rings. The summed E-state index contributed by atoms with van der Waals surface area (Å²) in [5.74, 6) is 0.491. The maximum atomic E-state index is 13.1. The number of nitrogens with one attached hydrogen (secondary N) is 1. The molecule has 0 bridgehead atoms. The summed E-state index contributed by atoms with van der Waals surface area (Å²) >= 11 is 0. The van der Waals surface area contributed by atoms with Crippen molar-refractivity contribution in [2.24, 2.45) is 7.05 Å². The van der Waals surface area contributed by atoms with Crippen LogP contribution in [0.2, 0.25) is 0 Å². The average molecular weight is 381 g/mol. The summed E-state index contributed by atoms with van der Waals surface area (Å²) in [5.41, 5.74) is 6.15. The molecule has 3 heterocycles. The third-order valence-electron chi connectivity index (χ3n) is 5.60. The quantitative estimate of drug-likeness (QED) is 0.706. The molecule has 148 valence electrons. The van der Waals surface area contributed by atoms with E-state index in [0.717, 1.165) is 47.4 Å². The minimum absolute atomic E-state index is 0.0985. The minimum Gasteiger partial charge on any atom is -0.352 e. The van der Waals surface area contributed by atoms with Crippen LogP contribution >= 0.6 is 0 Å². The lowest BCUT2D eigenvalue weighted by molar-refractivity contribution is 0.0955. The highest BCUT2D eigenvalue weighted by Gasteiger charge is 2.29. The van der Waals surface area contributed by atoms with Gasteiger partial charge in [0.2, 0.25) is 0 Å². The summed E-state index contributed by atoms with van der Waals surface area (Å²) < 4.78 is 7.36. The van der Waals surface area contributed by atoms with E-state index >= 15 is 0 Å². The fraction of sp³-hybridized carbons (Fsp3) is 0.524. The number of hydrogen-bond donors (Lipinski definition) is 1. The molecule has 0 unspecified atom stereocenters. The molecule has 0 saturated heterocycles. The van der Waals surface area contributed by atoms with Crippen LogP contribution in [0.15, 0.2) is 10.6 Å². The third kappa shape index (κ3) is 3.30. The maximum absolute atomic E-state index is 13.1. The first-order valence-electron chi connectivity index (χ1n) is 9.94.